The summed E-state index contributed by atoms with van der Waals surface area (Å²) in [5.74, 6) is -0.202. The molecule has 0 saturated heterocycles. The van der Waals surface area contributed by atoms with Crippen LogP contribution < -0.4 is 11.3 Å². The molecule has 0 atom stereocenters. The fourth-order valence-corrected chi connectivity index (χ4v) is 3.70. The van der Waals surface area contributed by atoms with Crippen molar-refractivity contribution in [3.63, 3.8) is 0 Å². The number of hydrogen-bond acceptors (Lipinski definition) is 6. The lowest BCUT2D eigenvalue weighted by molar-refractivity contribution is 0.0462. The maximum Gasteiger partial charge on any atom is 0.338 e. The van der Waals surface area contributed by atoms with Crippen molar-refractivity contribution in [1.82, 2.24) is 9.97 Å². The number of nitrogens with zero attached hydrogens (tertiary/aromatic N) is 1. The van der Waals surface area contributed by atoms with Crippen molar-refractivity contribution in [3.05, 3.63) is 81.7 Å². The Morgan fingerprint density at radius 2 is 1.85 bits per heavy atom. The molecule has 2 aromatic carbocycles. The summed E-state index contributed by atoms with van der Waals surface area (Å²) in [5, 5.41) is 2.45. The summed E-state index contributed by atoms with van der Waals surface area (Å²) in [7, 11) is 0. The number of ether oxygens (including phenoxy) is 1. The Morgan fingerprint density at radius 1 is 1.11 bits per heavy atom. The molecular weight excluding hydrogens is 362 g/mol. The van der Waals surface area contributed by atoms with Gasteiger partial charge in [0.05, 0.1) is 10.9 Å². The lowest BCUT2D eigenvalue weighted by Crippen LogP contribution is -2.14. The summed E-state index contributed by atoms with van der Waals surface area (Å²) in [6.07, 6.45) is 0. The molecule has 134 valence electrons. The molecular formula is C20H15N3O3S. The molecule has 2 heterocycles. The zero-order chi connectivity index (χ0) is 18.8. The van der Waals surface area contributed by atoms with Crippen LogP contribution in [-0.4, -0.2) is 15.9 Å². The number of nitrogens with two attached hydrogens (primary N) is 1. The van der Waals surface area contributed by atoms with Gasteiger partial charge >= 0.3 is 5.97 Å². The summed E-state index contributed by atoms with van der Waals surface area (Å²) in [4.78, 5) is 32.4. The van der Waals surface area contributed by atoms with E-state index in [0.29, 0.717) is 27.3 Å². The van der Waals surface area contributed by atoms with Crippen molar-refractivity contribution < 1.29 is 9.53 Å². The summed E-state index contributed by atoms with van der Waals surface area (Å²) in [6.45, 7) is -0.118. The Morgan fingerprint density at radius 3 is 2.59 bits per heavy atom. The lowest BCUT2D eigenvalue weighted by atomic mass is 10.1. The molecule has 0 aliphatic carbocycles. The minimum atomic E-state index is -0.506. The van der Waals surface area contributed by atoms with E-state index in [9.17, 15) is 9.59 Å². The number of fused-ring (bicyclic) bond motifs is 1. The van der Waals surface area contributed by atoms with E-state index >= 15 is 0 Å². The van der Waals surface area contributed by atoms with E-state index in [4.69, 9.17) is 10.5 Å². The highest BCUT2D eigenvalue weighted by atomic mass is 32.1. The van der Waals surface area contributed by atoms with Gasteiger partial charge < -0.3 is 15.5 Å². The fraction of sp³-hybridized carbons (Fsp3) is 0.0500. The molecule has 4 rings (SSSR count). The van der Waals surface area contributed by atoms with Gasteiger partial charge in [0.1, 0.15) is 17.3 Å². The third-order valence-corrected chi connectivity index (χ3v) is 4.94. The van der Waals surface area contributed by atoms with E-state index in [1.165, 1.54) is 11.3 Å². The van der Waals surface area contributed by atoms with Crippen molar-refractivity contribution in [2.75, 3.05) is 5.73 Å². The van der Waals surface area contributed by atoms with E-state index < -0.39 is 5.97 Å². The molecule has 6 nitrogen and oxygen atoms in total. The van der Waals surface area contributed by atoms with E-state index in [-0.39, 0.29) is 12.2 Å². The van der Waals surface area contributed by atoms with Crippen molar-refractivity contribution in [3.8, 4) is 11.1 Å². The van der Waals surface area contributed by atoms with Crippen LogP contribution in [0.2, 0.25) is 0 Å². The Hall–Kier alpha value is -3.45. The summed E-state index contributed by atoms with van der Waals surface area (Å²) in [5.41, 5.74) is 8.10. The number of anilines is 1. The van der Waals surface area contributed by atoms with Crippen LogP contribution in [0.3, 0.4) is 0 Å². The predicted molar refractivity (Wildman–Crippen MR) is 106 cm³/mol. The van der Waals surface area contributed by atoms with Gasteiger partial charge in [0.15, 0.2) is 0 Å². The van der Waals surface area contributed by atoms with Crippen molar-refractivity contribution in [2.24, 2.45) is 0 Å². The second-order valence-electron chi connectivity index (χ2n) is 5.91. The Balaban J connectivity index is 1.58. The molecule has 0 fully saturated rings. The van der Waals surface area contributed by atoms with Crippen LogP contribution in [0.1, 0.15) is 16.2 Å². The quantitative estimate of drug-likeness (QED) is 0.418. The number of hydrogen-bond donors (Lipinski definition) is 2. The van der Waals surface area contributed by atoms with Gasteiger partial charge in [-0.3, -0.25) is 4.79 Å². The van der Waals surface area contributed by atoms with Gasteiger partial charge in [0.2, 0.25) is 0 Å². The molecule has 0 unspecified atom stereocenters. The number of H-pyrrole nitrogens is 1. The number of carbonyl (C=O) groups is 1. The van der Waals surface area contributed by atoms with Crippen molar-refractivity contribution >= 4 is 33.2 Å². The first-order valence-electron chi connectivity index (χ1n) is 8.20. The summed E-state index contributed by atoms with van der Waals surface area (Å²) in [6, 6.07) is 16.1. The highest BCUT2D eigenvalue weighted by Gasteiger charge is 2.14. The van der Waals surface area contributed by atoms with Crippen LogP contribution in [0.25, 0.3) is 21.3 Å². The zero-order valence-corrected chi connectivity index (χ0v) is 15.0. The number of nitrogen functional groups attached to an aromatic ring is 1. The monoisotopic (exact) mass is 377 g/mol. The van der Waals surface area contributed by atoms with E-state index in [2.05, 4.69) is 9.97 Å². The molecule has 3 N–H and O–H groups in total. The highest BCUT2D eigenvalue weighted by molar-refractivity contribution is 7.17. The topological polar surface area (TPSA) is 98.1 Å². The molecule has 0 amide bonds. The third-order valence-electron chi connectivity index (χ3n) is 4.06. The number of nitrogens with one attached hydrogen (secondary N) is 1. The van der Waals surface area contributed by atoms with Crippen LogP contribution in [0.4, 0.5) is 5.69 Å². The van der Waals surface area contributed by atoms with Crippen LogP contribution in [0.5, 0.6) is 0 Å². The van der Waals surface area contributed by atoms with Crippen LogP contribution >= 0.6 is 11.3 Å². The second kappa shape index (κ2) is 7.05. The number of thiophene rings is 1. The average molecular weight is 377 g/mol. The third kappa shape index (κ3) is 3.45. The number of rotatable bonds is 4. The number of aromatic nitrogens is 2. The van der Waals surface area contributed by atoms with E-state index in [0.717, 1.165) is 11.1 Å². The molecule has 0 bridgehead atoms. The first-order valence-corrected chi connectivity index (χ1v) is 9.08. The number of aromatic amines is 1. The standard InChI is InChI=1S/C20H15N3O3S/c21-14-8-6-13(7-9-14)20(25)26-10-16-22-18(24)17-15(11-27-19(17)23-16)12-4-2-1-3-5-12/h1-9,11H,10,21H2,(H,22,23,24). The van der Waals surface area contributed by atoms with E-state index in [1.807, 2.05) is 35.7 Å². The maximum atomic E-state index is 12.6. The van der Waals surface area contributed by atoms with Crippen LogP contribution in [-0.2, 0) is 11.3 Å². The summed E-state index contributed by atoms with van der Waals surface area (Å²) < 4.78 is 5.24. The Labute approximate surface area is 158 Å². The number of benzene rings is 2. The average Bonchev–Trinajstić information content (AvgIpc) is 3.12. The first-order chi connectivity index (χ1) is 13.1. The van der Waals surface area contributed by atoms with Crippen LogP contribution in [0, 0.1) is 0 Å². The second-order valence-corrected chi connectivity index (χ2v) is 6.76. The lowest BCUT2D eigenvalue weighted by Gasteiger charge is -2.05. The molecule has 4 aromatic rings. The fourth-order valence-electron chi connectivity index (χ4n) is 2.73. The molecule has 7 heteroatoms. The molecule has 0 saturated carbocycles. The Bertz CT molecular complexity index is 1160. The molecule has 27 heavy (non-hydrogen) atoms. The predicted octanol–water partition coefficient (Wildman–Crippen LogP) is 3.59. The van der Waals surface area contributed by atoms with Gasteiger partial charge in [-0.1, -0.05) is 30.3 Å². The molecule has 0 aliphatic heterocycles. The smallest absolute Gasteiger partial charge is 0.338 e. The van der Waals surface area contributed by atoms with Crippen molar-refractivity contribution in [1.29, 1.82) is 0 Å². The summed E-state index contributed by atoms with van der Waals surface area (Å²) >= 11 is 1.38. The Kier molecular flexibility index (Phi) is 4.43. The maximum absolute atomic E-state index is 12.6. The minimum absolute atomic E-state index is 0.118. The number of esters is 1. The van der Waals surface area contributed by atoms with Gasteiger partial charge in [-0.05, 0) is 29.8 Å². The van der Waals surface area contributed by atoms with Gasteiger partial charge in [0.25, 0.3) is 5.56 Å². The van der Waals surface area contributed by atoms with Crippen molar-refractivity contribution in [2.45, 2.75) is 6.61 Å². The zero-order valence-electron chi connectivity index (χ0n) is 14.1. The SMILES string of the molecule is Nc1ccc(C(=O)OCc2nc3scc(-c4ccccc4)c3c(=O)[nH]2)cc1. The van der Waals surface area contributed by atoms with E-state index in [1.54, 1.807) is 24.3 Å². The van der Waals surface area contributed by atoms with Crippen LogP contribution in [0.15, 0.2) is 64.8 Å². The molecule has 0 spiro atoms. The normalized spacial score (nSPS) is 10.8. The van der Waals surface area contributed by atoms with Gasteiger partial charge in [0, 0.05) is 16.6 Å². The minimum Gasteiger partial charge on any atom is -0.454 e. The molecule has 2 aromatic heterocycles. The number of carbonyl (C=O) groups excluding carboxylic acids is 1. The first kappa shape index (κ1) is 17.0. The largest absolute Gasteiger partial charge is 0.454 e. The van der Waals surface area contributed by atoms with Gasteiger partial charge in [-0.15, -0.1) is 11.3 Å². The van der Waals surface area contributed by atoms with Gasteiger partial charge in [-0.25, -0.2) is 9.78 Å². The molecule has 0 radical (unpaired) electrons. The molecule has 0 aliphatic rings. The van der Waals surface area contributed by atoms with Gasteiger partial charge in [-0.2, -0.15) is 0 Å². The highest BCUT2D eigenvalue weighted by Crippen LogP contribution is 2.30.